The summed E-state index contributed by atoms with van der Waals surface area (Å²) in [6.45, 7) is 1.41. The van der Waals surface area contributed by atoms with Gasteiger partial charge >= 0.3 is 5.97 Å². The minimum atomic E-state index is -1.09. The maximum atomic E-state index is 13.6. The van der Waals surface area contributed by atoms with Crippen LogP contribution in [0.15, 0.2) is 42.5 Å². The predicted octanol–water partition coefficient (Wildman–Crippen LogP) is 3.20. The molecule has 0 radical (unpaired) electrons. The lowest BCUT2D eigenvalue weighted by molar-refractivity contribution is -0.123. The van der Waals surface area contributed by atoms with Crippen molar-refractivity contribution in [2.75, 3.05) is 11.1 Å². The van der Waals surface area contributed by atoms with Crippen molar-refractivity contribution in [2.45, 2.75) is 13.0 Å². The van der Waals surface area contributed by atoms with Crippen molar-refractivity contribution in [3.63, 3.8) is 0 Å². The number of anilines is 2. The number of rotatable bonds is 4. The number of hydrogen-bond donors (Lipinski definition) is 2. The number of nitrogens with zero attached hydrogens (tertiary/aromatic N) is 1. The van der Waals surface area contributed by atoms with E-state index in [1.807, 2.05) is 0 Å². The van der Waals surface area contributed by atoms with Crippen LogP contribution in [-0.4, -0.2) is 23.0 Å². The van der Waals surface area contributed by atoms with Gasteiger partial charge in [0.2, 0.25) is 0 Å². The van der Waals surface area contributed by atoms with Crippen LogP contribution in [0.3, 0.4) is 0 Å². The number of thiazole rings is 1. The maximum absolute atomic E-state index is 13.6. The van der Waals surface area contributed by atoms with Crippen LogP contribution < -0.4 is 11.1 Å². The third kappa shape index (κ3) is 3.74. The molecule has 128 valence electrons. The Kier molecular flexibility index (Phi) is 4.62. The number of aromatic nitrogens is 1. The summed E-state index contributed by atoms with van der Waals surface area (Å²) in [5.74, 6) is -1.85. The van der Waals surface area contributed by atoms with E-state index in [4.69, 9.17) is 10.5 Å². The Bertz CT molecular complexity index is 957. The second-order valence-corrected chi connectivity index (χ2v) is 6.31. The van der Waals surface area contributed by atoms with E-state index in [0.29, 0.717) is 10.6 Å². The van der Waals surface area contributed by atoms with Crippen molar-refractivity contribution in [3.05, 3.63) is 53.8 Å². The number of para-hydroxylation sites is 1. The van der Waals surface area contributed by atoms with Crippen molar-refractivity contribution in [3.8, 4) is 0 Å². The molecule has 1 unspecified atom stereocenters. The molecule has 1 atom stereocenters. The van der Waals surface area contributed by atoms with Gasteiger partial charge in [-0.3, -0.25) is 4.79 Å². The Morgan fingerprint density at radius 3 is 2.80 bits per heavy atom. The molecular formula is C17H14FN3O3S. The number of ether oxygens (including phenoxy) is 1. The SMILES string of the molecule is CC(OC(=O)c1ccc2nc(N)sc2c1)C(=O)Nc1ccccc1F. The van der Waals surface area contributed by atoms with Crippen LogP contribution >= 0.6 is 11.3 Å². The van der Waals surface area contributed by atoms with Gasteiger partial charge in [-0.2, -0.15) is 0 Å². The number of nitrogens with two attached hydrogens (primary N) is 1. The Hall–Kier alpha value is -3.00. The highest BCUT2D eigenvalue weighted by atomic mass is 32.1. The Labute approximate surface area is 146 Å². The van der Waals surface area contributed by atoms with E-state index >= 15 is 0 Å². The number of amides is 1. The van der Waals surface area contributed by atoms with Gasteiger partial charge in [-0.15, -0.1) is 0 Å². The molecule has 3 aromatic rings. The summed E-state index contributed by atoms with van der Waals surface area (Å²) < 4.78 is 19.4. The van der Waals surface area contributed by atoms with Gasteiger partial charge in [-0.1, -0.05) is 23.5 Å². The number of benzene rings is 2. The normalized spacial score (nSPS) is 11.9. The second kappa shape index (κ2) is 6.86. The third-order valence-corrected chi connectivity index (χ3v) is 4.27. The first kappa shape index (κ1) is 16.8. The zero-order chi connectivity index (χ0) is 18.0. The molecule has 0 saturated carbocycles. The summed E-state index contributed by atoms with van der Waals surface area (Å²) in [5.41, 5.74) is 6.62. The summed E-state index contributed by atoms with van der Waals surface area (Å²) in [7, 11) is 0. The molecule has 1 aromatic heterocycles. The fraction of sp³-hybridized carbons (Fsp3) is 0.118. The largest absolute Gasteiger partial charge is 0.449 e. The molecule has 25 heavy (non-hydrogen) atoms. The average Bonchev–Trinajstić information content (AvgIpc) is 2.95. The van der Waals surface area contributed by atoms with E-state index in [9.17, 15) is 14.0 Å². The monoisotopic (exact) mass is 359 g/mol. The molecule has 0 aliphatic carbocycles. The number of hydrogen-bond acceptors (Lipinski definition) is 6. The van der Waals surface area contributed by atoms with Crippen molar-refractivity contribution < 1.29 is 18.7 Å². The molecule has 0 fully saturated rings. The lowest BCUT2D eigenvalue weighted by Crippen LogP contribution is -2.30. The van der Waals surface area contributed by atoms with Crippen LogP contribution in [-0.2, 0) is 9.53 Å². The molecule has 3 N–H and O–H groups in total. The Balaban J connectivity index is 1.68. The molecule has 0 aliphatic rings. The first-order chi connectivity index (χ1) is 11.9. The molecular weight excluding hydrogens is 345 g/mol. The summed E-state index contributed by atoms with van der Waals surface area (Å²) in [4.78, 5) is 28.4. The number of nitrogens with one attached hydrogen (secondary N) is 1. The van der Waals surface area contributed by atoms with Crippen LogP contribution in [0.1, 0.15) is 17.3 Å². The molecule has 3 rings (SSSR count). The van der Waals surface area contributed by atoms with E-state index in [1.54, 1.807) is 24.3 Å². The number of carbonyl (C=O) groups excluding carboxylic acids is 2. The van der Waals surface area contributed by atoms with Gasteiger partial charge in [0.15, 0.2) is 11.2 Å². The lowest BCUT2D eigenvalue weighted by atomic mass is 10.2. The van der Waals surface area contributed by atoms with Crippen molar-refractivity contribution in [2.24, 2.45) is 0 Å². The first-order valence-corrected chi connectivity index (χ1v) is 8.18. The molecule has 2 aromatic carbocycles. The van der Waals surface area contributed by atoms with Gasteiger partial charge in [0.1, 0.15) is 5.82 Å². The molecule has 0 saturated heterocycles. The van der Waals surface area contributed by atoms with E-state index in [0.717, 1.165) is 4.70 Å². The zero-order valence-electron chi connectivity index (χ0n) is 13.2. The molecule has 1 amide bonds. The lowest BCUT2D eigenvalue weighted by Gasteiger charge is -2.14. The summed E-state index contributed by atoms with van der Waals surface area (Å²) >= 11 is 1.25. The van der Waals surface area contributed by atoms with Crippen LogP contribution in [0.2, 0.25) is 0 Å². The van der Waals surface area contributed by atoms with Gasteiger partial charge in [0, 0.05) is 0 Å². The molecule has 0 aliphatic heterocycles. The van der Waals surface area contributed by atoms with Crippen LogP contribution in [0.5, 0.6) is 0 Å². The predicted molar refractivity (Wildman–Crippen MR) is 93.9 cm³/mol. The van der Waals surface area contributed by atoms with Gasteiger partial charge in [0.25, 0.3) is 5.91 Å². The Morgan fingerprint density at radius 1 is 1.28 bits per heavy atom. The van der Waals surface area contributed by atoms with E-state index in [-0.39, 0.29) is 11.3 Å². The van der Waals surface area contributed by atoms with Gasteiger partial charge in [-0.25, -0.2) is 14.2 Å². The minimum Gasteiger partial charge on any atom is -0.449 e. The van der Waals surface area contributed by atoms with Gasteiger partial charge in [0.05, 0.1) is 21.5 Å². The quantitative estimate of drug-likeness (QED) is 0.698. The number of esters is 1. The van der Waals surface area contributed by atoms with Crippen LogP contribution in [0.4, 0.5) is 15.2 Å². The molecule has 0 spiro atoms. The summed E-state index contributed by atoms with van der Waals surface area (Å²) in [5, 5.41) is 2.79. The first-order valence-electron chi connectivity index (χ1n) is 7.36. The third-order valence-electron chi connectivity index (χ3n) is 3.43. The smallest absolute Gasteiger partial charge is 0.338 e. The second-order valence-electron chi connectivity index (χ2n) is 5.25. The number of halogens is 1. The molecule has 0 bridgehead atoms. The van der Waals surface area contributed by atoms with Gasteiger partial charge in [-0.05, 0) is 37.3 Å². The van der Waals surface area contributed by atoms with Crippen LogP contribution in [0, 0.1) is 5.82 Å². The topological polar surface area (TPSA) is 94.3 Å². The summed E-state index contributed by atoms with van der Waals surface area (Å²) in [6.07, 6.45) is -1.09. The number of fused-ring (bicyclic) bond motifs is 1. The highest BCUT2D eigenvalue weighted by molar-refractivity contribution is 7.22. The van der Waals surface area contributed by atoms with E-state index in [2.05, 4.69) is 10.3 Å². The van der Waals surface area contributed by atoms with E-state index in [1.165, 1.54) is 36.5 Å². The van der Waals surface area contributed by atoms with Gasteiger partial charge < -0.3 is 15.8 Å². The Morgan fingerprint density at radius 2 is 2.04 bits per heavy atom. The maximum Gasteiger partial charge on any atom is 0.338 e. The zero-order valence-corrected chi connectivity index (χ0v) is 14.0. The summed E-state index contributed by atoms with van der Waals surface area (Å²) in [6, 6.07) is 10.6. The fourth-order valence-electron chi connectivity index (χ4n) is 2.15. The average molecular weight is 359 g/mol. The van der Waals surface area contributed by atoms with Crippen molar-refractivity contribution in [1.82, 2.24) is 4.98 Å². The number of nitrogen functional groups attached to an aromatic ring is 1. The standard InChI is InChI=1S/C17H14FN3O3S/c1-9(15(22)20-12-5-3-2-4-11(12)18)24-16(23)10-6-7-13-14(8-10)25-17(19)21-13/h2-9H,1H3,(H2,19,21)(H,20,22). The van der Waals surface area contributed by atoms with Crippen LogP contribution in [0.25, 0.3) is 10.2 Å². The van der Waals surface area contributed by atoms with E-state index < -0.39 is 23.8 Å². The molecule has 6 nitrogen and oxygen atoms in total. The van der Waals surface area contributed by atoms with Crippen molar-refractivity contribution in [1.29, 1.82) is 0 Å². The number of carbonyl (C=O) groups is 2. The minimum absolute atomic E-state index is 0.0250. The highest BCUT2D eigenvalue weighted by Crippen LogP contribution is 2.25. The molecule has 1 heterocycles. The molecule has 8 heteroatoms. The van der Waals surface area contributed by atoms with Crippen molar-refractivity contribution >= 4 is 44.2 Å². The fourth-order valence-corrected chi connectivity index (χ4v) is 2.92. The highest BCUT2D eigenvalue weighted by Gasteiger charge is 2.20.